The number of hydrogen-bond acceptors (Lipinski definition) is 7. The number of methoxy groups -OCH3 is 1. The first-order valence-electron chi connectivity index (χ1n) is 6.56. The Labute approximate surface area is 130 Å². The molecule has 0 spiro atoms. The van der Waals surface area contributed by atoms with Crippen LogP contribution in [-0.4, -0.2) is 43.1 Å². The fraction of sp³-hybridized carbons (Fsp3) is 0.214. The van der Waals surface area contributed by atoms with Crippen LogP contribution in [0.2, 0.25) is 0 Å². The lowest BCUT2D eigenvalue weighted by atomic mass is 10.3. The van der Waals surface area contributed by atoms with E-state index in [1.807, 2.05) is 18.2 Å². The molecule has 3 aromatic rings. The topological polar surface area (TPSA) is 82.3 Å². The Morgan fingerprint density at radius 2 is 2.18 bits per heavy atom. The molecule has 1 unspecified atom stereocenters. The van der Waals surface area contributed by atoms with Crippen LogP contribution in [0.25, 0.3) is 17.0 Å². The third-order valence-corrected chi connectivity index (χ3v) is 3.99. The van der Waals surface area contributed by atoms with Crippen molar-refractivity contribution in [1.82, 2.24) is 24.8 Å². The molecule has 0 radical (unpaired) electrons. The first-order valence-corrected chi connectivity index (χ1v) is 7.44. The van der Waals surface area contributed by atoms with Gasteiger partial charge in [-0.25, -0.2) is 0 Å². The summed E-state index contributed by atoms with van der Waals surface area (Å²) in [4.78, 5) is 15.6. The van der Waals surface area contributed by atoms with Crippen LogP contribution in [0.15, 0.2) is 41.7 Å². The SMILES string of the molecule is COC(=O)C(C)Sc1ccc2nnc(-c3cccnc3)n2n1. The number of carbonyl (C=O) groups is 1. The van der Waals surface area contributed by atoms with Crippen LogP contribution < -0.4 is 0 Å². The highest BCUT2D eigenvalue weighted by atomic mass is 32.2. The van der Waals surface area contributed by atoms with Crippen molar-refractivity contribution in [2.75, 3.05) is 7.11 Å². The third-order valence-electron chi connectivity index (χ3n) is 2.99. The van der Waals surface area contributed by atoms with E-state index in [1.165, 1.54) is 18.9 Å². The van der Waals surface area contributed by atoms with E-state index in [0.29, 0.717) is 16.5 Å². The minimum Gasteiger partial charge on any atom is -0.468 e. The molecule has 3 rings (SSSR count). The van der Waals surface area contributed by atoms with Crippen LogP contribution in [0.5, 0.6) is 0 Å². The second kappa shape index (κ2) is 6.10. The summed E-state index contributed by atoms with van der Waals surface area (Å²) in [6.07, 6.45) is 3.40. The Balaban J connectivity index is 1.97. The summed E-state index contributed by atoms with van der Waals surface area (Å²) >= 11 is 1.32. The number of nitrogens with zero attached hydrogens (tertiary/aromatic N) is 5. The highest BCUT2D eigenvalue weighted by Gasteiger charge is 2.17. The van der Waals surface area contributed by atoms with Crippen molar-refractivity contribution in [3.63, 3.8) is 0 Å². The second-order valence-electron chi connectivity index (χ2n) is 4.49. The fourth-order valence-electron chi connectivity index (χ4n) is 1.91. The zero-order valence-electron chi connectivity index (χ0n) is 12.0. The zero-order valence-corrected chi connectivity index (χ0v) is 12.8. The van der Waals surface area contributed by atoms with Gasteiger partial charge in [0, 0.05) is 18.0 Å². The summed E-state index contributed by atoms with van der Waals surface area (Å²) in [5, 5.41) is 13.1. The van der Waals surface area contributed by atoms with Crippen molar-refractivity contribution in [3.8, 4) is 11.4 Å². The standard InChI is InChI=1S/C14H13N5O2S/c1-9(14(20)21-2)22-12-6-5-11-16-17-13(19(11)18-12)10-4-3-7-15-8-10/h3-9H,1-2H3. The van der Waals surface area contributed by atoms with Gasteiger partial charge in [-0.3, -0.25) is 9.78 Å². The van der Waals surface area contributed by atoms with Crippen LogP contribution in [0.3, 0.4) is 0 Å². The number of fused-ring (bicyclic) bond motifs is 1. The largest absolute Gasteiger partial charge is 0.468 e. The van der Waals surface area contributed by atoms with Gasteiger partial charge < -0.3 is 4.74 Å². The lowest BCUT2D eigenvalue weighted by Gasteiger charge is -2.08. The molecule has 0 fully saturated rings. The maximum Gasteiger partial charge on any atom is 0.318 e. The van der Waals surface area contributed by atoms with Gasteiger partial charge in [0.2, 0.25) is 0 Å². The van der Waals surface area contributed by atoms with Gasteiger partial charge in [-0.15, -0.1) is 10.2 Å². The molecule has 22 heavy (non-hydrogen) atoms. The molecule has 0 aliphatic carbocycles. The summed E-state index contributed by atoms with van der Waals surface area (Å²) in [5.41, 5.74) is 1.46. The van der Waals surface area contributed by atoms with Crippen molar-refractivity contribution in [2.24, 2.45) is 0 Å². The van der Waals surface area contributed by atoms with Crippen molar-refractivity contribution in [3.05, 3.63) is 36.7 Å². The number of carbonyl (C=O) groups excluding carboxylic acids is 1. The van der Waals surface area contributed by atoms with E-state index in [1.54, 1.807) is 29.9 Å². The van der Waals surface area contributed by atoms with Crippen molar-refractivity contribution >= 4 is 23.4 Å². The zero-order chi connectivity index (χ0) is 15.5. The first kappa shape index (κ1) is 14.5. The average Bonchev–Trinajstić information content (AvgIpc) is 2.98. The number of rotatable bonds is 4. The van der Waals surface area contributed by atoms with E-state index in [9.17, 15) is 4.79 Å². The predicted molar refractivity (Wildman–Crippen MR) is 81.3 cm³/mol. The van der Waals surface area contributed by atoms with Gasteiger partial charge >= 0.3 is 5.97 Å². The van der Waals surface area contributed by atoms with Crippen LogP contribution >= 0.6 is 11.8 Å². The Morgan fingerprint density at radius 1 is 1.32 bits per heavy atom. The Bertz CT molecular complexity index is 805. The molecular formula is C14H13N5O2S. The molecule has 0 bridgehead atoms. The number of hydrogen-bond donors (Lipinski definition) is 0. The molecular weight excluding hydrogens is 302 g/mol. The Kier molecular flexibility index (Phi) is 4.01. The number of ether oxygens (including phenoxy) is 1. The molecule has 3 heterocycles. The van der Waals surface area contributed by atoms with E-state index in [4.69, 9.17) is 4.74 Å². The van der Waals surface area contributed by atoms with Gasteiger partial charge in [0.1, 0.15) is 10.3 Å². The molecule has 0 aromatic carbocycles. The molecule has 8 heteroatoms. The van der Waals surface area contributed by atoms with Gasteiger partial charge in [-0.05, 0) is 31.2 Å². The maximum atomic E-state index is 11.5. The summed E-state index contributed by atoms with van der Waals surface area (Å²) in [7, 11) is 1.37. The summed E-state index contributed by atoms with van der Waals surface area (Å²) < 4.78 is 6.36. The van der Waals surface area contributed by atoms with Gasteiger partial charge in [0.05, 0.1) is 7.11 Å². The van der Waals surface area contributed by atoms with Crippen LogP contribution in [-0.2, 0) is 9.53 Å². The predicted octanol–water partition coefficient (Wildman–Crippen LogP) is 1.84. The number of aromatic nitrogens is 5. The number of esters is 1. The summed E-state index contributed by atoms with van der Waals surface area (Å²) in [6.45, 7) is 1.77. The van der Waals surface area contributed by atoms with E-state index in [0.717, 1.165) is 5.56 Å². The fourth-order valence-corrected chi connectivity index (χ4v) is 2.74. The van der Waals surface area contributed by atoms with E-state index in [2.05, 4.69) is 20.3 Å². The molecule has 0 saturated heterocycles. The Hall–Kier alpha value is -2.48. The third kappa shape index (κ3) is 2.77. The summed E-state index contributed by atoms with van der Waals surface area (Å²) in [6, 6.07) is 7.34. The van der Waals surface area contributed by atoms with Crippen LogP contribution in [0, 0.1) is 0 Å². The quantitative estimate of drug-likeness (QED) is 0.536. The average molecular weight is 315 g/mol. The molecule has 3 aromatic heterocycles. The van der Waals surface area contributed by atoms with E-state index >= 15 is 0 Å². The maximum absolute atomic E-state index is 11.5. The number of thioether (sulfide) groups is 1. The van der Waals surface area contributed by atoms with Gasteiger partial charge in [0.15, 0.2) is 11.5 Å². The minimum absolute atomic E-state index is 0.289. The monoisotopic (exact) mass is 315 g/mol. The molecule has 112 valence electrons. The molecule has 0 amide bonds. The summed E-state index contributed by atoms with van der Waals surface area (Å²) in [5.74, 6) is 0.319. The van der Waals surface area contributed by atoms with Crippen molar-refractivity contribution < 1.29 is 9.53 Å². The molecule has 0 N–H and O–H groups in total. The molecule has 1 atom stereocenters. The normalized spacial score (nSPS) is 12.3. The highest BCUT2D eigenvalue weighted by Crippen LogP contribution is 2.23. The highest BCUT2D eigenvalue weighted by molar-refractivity contribution is 8.00. The second-order valence-corrected chi connectivity index (χ2v) is 5.85. The number of pyridine rings is 1. The molecule has 7 nitrogen and oxygen atoms in total. The van der Waals surface area contributed by atoms with E-state index in [-0.39, 0.29) is 11.2 Å². The minimum atomic E-state index is -0.340. The smallest absolute Gasteiger partial charge is 0.318 e. The van der Waals surface area contributed by atoms with Gasteiger partial charge in [-0.1, -0.05) is 11.8 Å². The van der Waals surface area contributed by atoms with E-state index < -0.39 is 0 Å². The van der Waals surface area contributed by atoms with Crippen LogP contribution in [0.1, 0.15) is 6.92 Å². The van der Waals surface area contributed by atoms with Gasteiger partial charge in [-0.2, -0.15) is 9.61 Å². The van der Waals surface area contributed by atoms with Crippen LogP contribution in [0.4, 0.5) is 0 Å². The van der Waals surface area contributed by atoms with Crippen molar-refractivity contribution in [2.45, 2.75) is 17.2 Å². The molecule has 0 aliphatic heterocycles. The first-order chi connectivity index (χ1) is 10.7. The Morgan fingerprint density at radius 3 is 2.91 bits per heavy atom. The molecule has 0 saturated carbocycles. The lowest BCUT2D eigenvalue weighted by Crippen LogP contribution is -2.15. The lowest BCUT2D eigenvalue weighted by molar-refractivity contribution is -0.139. The van der Waals surface area contributed by atoms with Gasteiger partial charge in [0.25, 0.3) is 0 Å². The van der Waals surface area contributed by atoms with Crippen molar-refractivity contribution in [1.29, 1.82) is 0 Å². The molecule has 0 aliphatic rings.